The van der Waals surface area contributed by atoms with E-state index in [1.54, 1.807) is 0 Å². The molecule has 1 N–H and O–H groups in total. The Labute approximate surface area is 89.7 Å². The highest BCUT2D eigenvalue weighted by molar-refractivity contribution is 6.00. The zero-order chi connectivity index (χ0) is 10.7. The van der Waals surface area contributed by atoms with Crippen LogP contribution in [0.3, 0.4) is 0 Å². The summed E-state index contributed by atoms with van der Waals surface area (Å²) in [6, 6.07) is 5.79. The molecule has 0 bridgehead atoms. The Balaban J connectivity index is 2.40. The van der Waals surface area contributed by atoms with Crippen LogP contribution in [0, 0.1) is 12.3 Å². The van der Waals surface area contributed by atoms with Gasteiger partial charge in [0.25, 0.3) is 0 Å². The number of benzene rings is 1. The van der Waals surface area contributed by atoms with Crippen LogP contribution in [0.1, 0.15) is 28.8 Å². The summed E-state index contributed by atoms with van der Waals surface area (Å²) in [6.45, 7) is 0.986. The highest BCUT2D eigenvalue weighted by Gasteiger charge is 2.16. The van der Waals surface area contributed by atoms with E-state index >= 15 is 0 Å². The number of hydrogen-bond donors (Lipinski definition) is 1. The third-order valence-electron chi connectivity index (χ3n) is 2.66. The van der Waals surface area contributed by atoms with Gasteiger partial charge in [-0.25, -0.2) is 0 Å². The van der Waals surface area contributed by atoms with Gasteiger partial charge in [-0.1, -0.05) is 18.1 Å². The topological polar surface area (TPSA) is 29.1 Å². The molecule has 2 rings (SSSR count). The molecule has 0 fully saturated rings. The molecule has 2 heteroatoms. The highest BCUT2D eigenvalue weighted by atomic mass is 16.1. The van der Waals surface area contributed by atoms with E-state index in [0.29, 0.717) is 0 Å². The number of Topliss-reactive ketones (excluding diaryl/α,β-unsaturated/α-hetero) is 1. The van der Waals surface area contributed by atoms with Crippen LogP contribution >= 0.6 is 0 Å². The van der Waals surface area contributed by atoms with Crippen molar-refractivity contribution in [2.45, 2.75) is 19.3 Å². The maximum Gasteiger partial charge on any atom is 0.175 e. The molecule has 0 radical (unpaired) electrons. The Bertz CT molecular complexity index is 429. The zero-order valence-corrected chi connectivity index (χ0v) is 8.55. The first-order valence-electron chi connectivity index (χ1n) is 5.15. The molecule has 1 aromatic carbocycles. The van der Waals surface area contributed by atoms with Crippen molar-refractivity contribution in [1.29, 1.82) is 0 Å². The molecule has 0 aliphatic carbocycles. The molecule has 2 nitrogen and oxygen atoms in total. The quantitative estimate of drug-likeness (QED) is 0.584. The van der Waals surface area contributed by atoms with Crippen molar-refractivity contribution in [2.75, 3.05) is 11.9 Å². The Kier molecular flexibility index (Phi) is 2.73. The standard InChI is InChI=1S/C13H13NO/c1-2-5-13(15)11-6-3-8-12-10(11)7-4-9-14-12/h1,3,6,8,14H,4-5,7,9H2. The zero-order valence-electron chi connectivity index (χ0n) is 8.55. The van der Waals surface area contributed by atoms with Crippen molar-refractivity contribution in [3.05, 3.63) is 29.3 Å². The molecule has 1 aliphatic rings. The molecule has 15 heavy (non-hydrogen) atoms. The van der Waals surface area contributed by atoms with Crippen LogP contribution in [-0.4, -0.2) is 12.3 Å². The minimum Gasteiger partial charge on any atom is -0.385 e. The number of fused-ring (bicyclic) bond motifs is 1. The summed E-state index contributed by atoms with van der Waals surface area (Å²) in [7, 11) is 0. The SMILES string of the molecule is C#CCC(=O)c1cccc2c1CCCN2. The van der Waals surface area contributed by atoms with Gasteiger partial charge in [0.15, 0.2) is 5.78 Å². The monoisotopic (exact) mass is 199 g/mol. The van der Waals surface area contributed by atoms with Crippen LogP contribution in [0.2, 0.25) is 0 Å². The normalized spacial score (nSPS) is 13.5. The lowest BCUT2D eigenvalue weighted by Crippen LogP contribution is -2.15. The van der Waals surface area contributed by atoms with Gasteiger partial charge in [-0.15, -0.1) is 6.42 Å². The summed E-state index contributed by atoms with van der Waals surface area (Å²) in [5.41, 5.74) is 3.01. The third kappa shape index (κ3) is 1.87. The van der Waals surface area contributed by atoms with Gasteiger partial charge >= 0.3 is 0 Å². The smallest absolute Gasteiger partial charge is 0.175 e. The van der Waals surface area contributed by atoms with E-state index in [2.05, 4.69) is 11.2 Å². The summed E-state index contributed by atoms with van der Waals surface area (Å²) in [5.74, 6) is 2.46. The number of anilines is 1. The van der Waals surface area contributed by atoms with Crippen molar-refractivity contribution in [3.8, 4) is 12.3 Å². The van der Waals surface area contributed by atoms with Crippen LogP contribution in [0.25, 0.3) is 0 Å². The second-order valence-corrected chi connectivity index (χ2v) is 3.67. The van der Waals surface area contributed by atoms with E-state index in [4.69, 9.17) is 6.42 Å². The number of hydrogen-bond acceptors (Lipinski definition) is 2. The van der Waals surface area contributed by atoms with Gasteiger partial charge in [-0.2, -0.15) is 0 Å². The van der Waals surface area contributed by atoms with Gasteiger partial charge in [-0.05, 0) is 24.5 Å². The minimum atomic E-state index is 0.0537. The average molecular weight is 199 g/mol. The summed E-state index contributed by atoms with van der Waals surface area (Å²) in [5, 5.41) is 3.30. The van der Waals surface area contributed by atoms with Crippen LogP contribution in [0.4, 0.5) is 5.69 Å². The van der Waals surface area contributed by atoms with Crippen LogP contribution in [0.5, 0.6) is 0 Å². The fourth-order valence-corrected chi connectivity index (χ4v) is 1.96. The molecule has 1 heterocycles. The molecule has 0 amide bonds. The van der Waals surface area contributed by atoms with Crippen molar-refractivity contribution in [2.24, 2.45) is 0 Å². The van der Waals surface area contributed by atoms with Crippen molar-refractivity contribution in [1.82, 2.24) is 0 Å². The first kappa shape index (κ1) is 9.79. The van der Waals surface area contributed by atoms with E-state index in [-0.39, 0.29) is 12.2 Å². The highest BCUT2D eigenvalue weighted by Crippen LogP contribution is 2.25. The summed E-state index contributed by atoms with van der Waals surface area (Å²) in [4.78, 5) is 11.7. The summed E-state index contributed by atoms with van der Waals surface area (Å²) < 4.78 is 0. The van der Waals surface area contributed by atoms with Crippen LogP contribution in [-0.2, 0) is 6.42 Å². The largest absolute Gasteiger partial charge is 0.385 e. The first-order valence-corrected chi connectivity index (χ1v) is 5.15. The first-order chi connectivity index (χ1) is 7.33. The lowest BCUT2D eigenvalue weighted by molar-refractivity contribution is 0.0997. The Morgan fingerprint density at radius 3 is 3.20 bits per heavy atom. The van der Waals surface area contributed by atoms with Crippen molar-refractivity contribution < 1.29 is 4.79 Å². The summed E-state index contributed by atoms with van der Waals surface area (Å²) in [6.07, 6.45) is 7.39. The lowest BCUT2D eigenvalue weighted by Gasteiger charge is -2.20. The molecule has 0 atom stereocenters. The van der Waals surface area contributed by atoms with Gasteiger partial charge in [0.2, 0.25) is 0 Å². The van der Waals surface area contributed by atoms with Crippen LogP contribution < -0.4 is 5.32 Å². The minimum absolute atomic E-state index is 0.0537. The fraction of sp³-hybridized carbons (Fsp3) is 0.308. The number of nitrogens with one attached hydrogen (secondary N) is 1. The predicted octanol–water partition coefficient (Wildman–Crippen LogP) is 2.25. The van der Waals surface area contributed by atoms with Crippen molar-refractivity contribution in [3.63, 3.8) is 0 Å². The van der Waals surface area contributed by atoms with Gasteiger partial charge in [-0.3, -0.25) is 4.79 Å². The molecule has 76 valence electrons. The van der Waals surface area contributed by atoms with Crippen LogP contribution in [0.15, 0.2) is 18.2 Å². The second kappa shape index (κ2) is 4.18. The predicted molar refractivity (Wildman–Crippen MR) is 61.0 cm³/mol. The molecule has 0 saturated heterocycles. The molecule has 0 aromatic heterocycles. The number of terminal acetylenes is 1. The average Bonchev–Trinajstić information content (AvgIpc) is 2.28. The fourth-order valence-electron chi connectivity index (χ4n) is 1.96. The summed E-state index contributed by atoms with van der Waals surface area (Å²) >= 11 is 0. The molecule has 0 unspecified atom stereocenters. The maximum absolute atomic E-state index is 11.7. The van der Waals surface area contributed by atoms with E-state index in [9.17, 15) is 4.79 Å². The van der Waals surface area contributed by atoms with Gasteiger partial charge in [0.05, 0.1) is 6.42 Å². The number of rotatable bonds is 2. The Morgan fingerprint density at radius 1 is 1.53 bits per heavy atom. The number of carbonyl (C=O) groups is 1. The Hall–Kier alpha value is -1.75. The van der Waals surface area contributed by atoms with E-state index in [1.165, 1.54) is 0 Å². The van der Waals surface area contributed by atoms with Gasteiger partial charge in [0, 0.05) is 17.8 Å². The van der Waals surface area contributed by atoms with E-state index in [1.807, 2.05) is 18.2 Å². The molecule has 1 aromatic rings. The Morgan fingerprint density at radius 2 is 2.40 bits per heavy atom. The number of carbonyl (C=O) groups excluding carboxylic acids is 1. The third-order valence-corrected chi connectivity index (χ3v) is 2.66. The van der Waals surface area contributed by atoms with Crippen molar-refractivity contribution >= 4 is 11.5 Å². The van der Waals surface area contributed by atoms with E-state index < -0.39 is 0 Å². The number of ketones is 1. The second-order valence-electron chi connectivity index (χ2n) is 3.67. The van der Waals surface area contributed by atoms with E-state index in [0.717, 1.165) is 36.2 Å². The molecular formula is C13H13NO. The molecule has 1 aliphatic heterocycles. The molecular weight excluding hydrogens is 186 g/mol. The maximum atomic E-state index is 11.7. The molecule has 0 spiro atoms. The lowest BCUT2D eigenvalue weighted by atomic mass is 9.94. The van der Waals surface area contributed by atoms with Gasteiger partial charge in [0.1, 0.15) is 0 Å². The van der Waals surface area contributed by atoms with Gasteiger partial charge < -0.3 is 5.32 Å². The molecule has 0 saturated carbocycles.